The third-order valence-corrected chi connectivity index (χ3v) is 5.11. The van der Waals surface area contributed by atoms with E-state index in [1.807, 2.05) is 30.0 Å². The maximum Gasteiger partial charge on any atom is 0.251 e. The standard InChI is InChI=1S/C23H29N5O2/c1-16(2)22-25-17(3)15-20(26-22)27-11-13-28(14-12-27)21(29)10-7-18-5-8-19(9-6-18)23(30)24-4/h5-10,15-16H,11-14H2,1-4H3,(H,24,30)/b10-7+. The second kappa shape index (κ2) is 9.52. The second-order valence-electron chi connectivity index (χ2n) is 7.73. The van der Waals surface area contributed by atoms with Crippen LogP contribution in [0.25, 0.3) is 6.08 Å². The van der Waals surface area contributed by atoms with Gasteiger partial charge >= 0.3 is 0 Å². The number of hydrogen-bond donors (Lipinski definition) is 1. The normalized spacial score (nSPS) is 14.4. The van der Waals surface area contributed by atoms with Crippen LogP contribution in [0.5, 0.6) is 0 Å². The Kier molecular flexibility index (Phi) is 6.82. The molecule has 0 atom stereocenters. The van der Waals surface area contributed by atoms with Gasteiger partial charge < -0.3 is 15.1 Å². The van der Waals surface area contributed by atoms with Gasteiger partial charge in [-0.05, 0) is 30.7 Å². The fourth-order valence-electron chi connectivity index (χ4n) is 3.31. The number of nitrogens with one attached hydrogen (secondary N) is 1. The minimum Gasteiger partial charge on any atom is -0.355 e. The fourth-order valence-corrected chi connectivity index (χ4v) is 3.31. The highest BCUT2D eigenvalue weighted by molar-refractivity contribution is 5.95. The Balaban J connectivity index is 1.58. The molecule has 1 aromatic heterocycles. The van der Waals surface area contributed by atoms with E-state index < -0.39 is 0 Å². The number of carbonyl (C=O) groups excluding carboxylic acids is 2. The van der Waals surface area contributed by atoms with E-state index >= 15 is 0 Å². The van der Waals surface area contributed by atoms with E-state index in [1.54, 1.807) is 31.3 Å². The van der Waals surface area contributed by atoms with Crippen LogP contribution in [0, 0.1) is 6.92 Å². The Bertz CT molecular complexity index is 929. The Morgan fingerprint density at radius 3 is 2.33 bits per heavy atom. The van der Waals surface area contributed by atoms with E-state index in [0.29, 0.717) is 18.7 Å². The van der Waals surface area contributed by atoms with Crippen molar-refractivity contribution in [2.45, 2.75) is 26.7 Å². The Hall–Kier alpha value is -3.22. The Morgan fingerprint density at radius 1 is 1.07 bits per heavy atom. The number of nitrogens with zero attached hydrogens (tertiary/aromatic N) is 4. The summed E-state index contributed by atoms with van der Waals surface area (Å²) in [7, 11) is 1.60. The van der Waals surface area contributed by atoms with Crippen LogP contribution in [0.3, 0.4) is 0 Å². The van der Waals surface area contributed by atoms with Gasteiger partial charge in [0, 0.05) is 62.5 Å². The lowest BCUT2D eigenvalue weighted by atomic mass is 10.1. The van der Waals surface area contributed by atoms with E-state index in [1.165, 1.54) is 0 Å². The molecule has 0 unspecified atom stereocenters. The van der Waals surface area contributed by atoms with Crippen molar-refractivity contribution in [3.63, 3.8) is 0 Å². The van der Waals surface area contributed by atoms with Gasteiger partial charge in [0.25, 0.3) is 5.91 Å². The quantitative estimate of drug-likeness (QED) is 0.771. The van der Waals surface area contributed by atoms with Gasteiger partial charge in [0.2, 0.25) is 5.91 Å². The molecule has 2 aromatic rings. The lowest BCUT2D eigenvalue weighted by Gasteiger charge is -2.35. The van der Waals surface area contributed by atoms with Gasteiger partial charge in [-0.25, -0.2) is 9.97 Å². The van der Waals surface area contributed by atoms with Gasteiger partial charge in [-0.2, -0.15) is 0 Å². The number of amides is 2. The monoisotopic (exact) mass is 407 g/mol. The smallest absolute Gasteiger partial charge is 0.251 e. The highest BCUT2D eigenvalue weighted by Gasteiger charge is 2.21. The number of aromatic nitrogens is 2. The van der Waals surface area contributed by atoms with E-state index in [-0.39, 0.29) is 17.7 Å². The first-order valence-corrected chi connectivity index (χ1v) is 10.3. The number of piperazine rings is 1. The van der Waals surface area contributed by atoms with Crippen molar-refractivity contribution >= 4 is 23.7 Å². The minimum absolute atomic E-state index is 0.00762. The molecule has 30 heavy (non-hydrogen) atoms. The van der Waals surface area contributed by atoms with Crippen molar-refractivity contribution in [3.8, 4) is 0 Å². The summed E-state index contributed by atoms with van der Waals surface area (Å²) in [6, 6.07) is 9.16. The van der Waals surface area contributed by atoms with Gasteiger partial charge in [-0.1, -0.05) is 26.0 Å². The van der Waals surface area contributed by atoms with Crippen molar-refractivity contribution in [2.75, 3.05) is 38.1 Å². The number of benzene rings is 1. The summed E-state index contributed by atoms with van der Waals surface area (Å²) >= 11 is 0. The topological polar surface area (TPSA) is 78.4 Å². The first-order valence-electron chi connectivity index (χ1n) is 10.3. The zero-order valence-electron chi connectivity index (χ0n) is 18.1. The summed E-state index contributed by atoms with van der Waals surface area (Å²) in [5, 5.41) is 2.59. The summed E-state index contributed by atoms with van der Waals surface area (Å²) in [5.41, 5.74) is 2.44. The summed E-state index contributed by atoms with van der Waals surface area (Å²) in [4.78, 5) is 37.4. The van der Waals surface area contributed by atoms with Crippen LogP contribution in [-0.2, 0) is 4.79 Å². The Morgan fingerprint density at radius 2 is 1.73 bits per heavy atom. The summed E-state index contributed by atoms with van der Waals surface area (Å²) in [6.45, 7) is 8.96. The van der Waals surface area contributed by atoms with Gasteiger partial charge in [0.05, 0.1) is 0 Å². The molecule has 2 amide bonds. The molecule has 158 valence electrons. The zero-order chi connectivity index (χ0) is 21.7. The average Bonchev–Trinajstić information content (AvgIpc) is 2.77. The van der Waals surface area contributed by atoms with Crippen LogP contribution in [0.15, 0.2) is 36.4 Å². The van der Waals surface area contributed by atoms with Crippen LogP contribution in [0.4, 0.5) is 5.82 Å². The molecule has 0 saturated carbocycles. The molecule has 2 heterocycles. The first-order chi connectivity index (χ1) is 14.4. The van der Waals surface area contributed by atoms with Crippen molar-refractivity contribution in [3.05, 3.63) is 59.1 Å². The predicted octanol–water partition coefficient (Wildman–Crippen LogP) is 2.63. The molecular formula is C23H29N5O2. The number of rotatable bonds is 5. The van der Waals surface area contributed by atoms with Gasteiger partial charge in [0.1, 0.15) is 11.6 Å². The number of aryl methyl sites for hydroxylation is 1. The first kappa shape index (κ1) is 21.5. The molecule has 1 aliphatic rings. The number of carbonyl (C=O) groups is 2. The molecule has 0 aliphatic carbocycles. The van der Waals surface area contributed by atoms with Crippen LogP contribution in [-0.4, -0.2) is 59.9 Å². The van der Waals surface area contributed by atoms with E-state index in [4.69, 9.17) is 4.98 Å². The summed E-state index contributed by atoms with van der Waals surface area (Å²) in [5.74, 6) is 1.94. The van der Waals surface area contributed by atoms with Gasteiger partial charge in [-0.15, -0.1) is 0 Å². The van der Waals surface area contributed by atoms with Crippen LogP contribution >= 0.6 is 0 Å². The van der Waals surface area contributed by atoms with Crippen molar-refractivity contribution < 1.29 is 9.59 Å². The van der Waals surface area contributed by atoms with Crippen molar-refractivity contribution in [2.24, 2.45) is 0 Å². The lowest BCUT2D eigenvalue weighted by Crippen LogP contribution is -2.48. The molecule has 0 radical (unpaired) electrons. The SMILES string of the molecule is CNC(=O)c1ccc(/C=C/C(=O)N2CCN(c3cc(C)nc(C(C)C)n3)CC2)cc1. The van der Waals surface area contributed by atoms with Gasteiger partial charge in [-0.3, -0.25) is 9.59 Å². The third kappa shape index (κ3) is 5.23. The zero-order valence-corrected chi connectivity index (χ0v) is 18.1. The van der Waals surface area contributed by atoms with Crippen LogP contribution in [0.2, 0.25) is 0 Å². The molecule has 1 fully saturated rings. The van der Waals surface area contributed by atoms with Gasteiger partial charge in [0.15, 0.2) is 0 Å². The molecule has 1 saturated heterocycles. The Labute approximate surface area is 177 Å². The molecule has 1 aromatic carbocycles. The molecule has 1 N–H and O–H groups in total. The lowest BCUT2D eigenvalue weighted by molar-refractivity contribution is -0.126. The molecule has 7 heteroatoms. The molecule has 1 aliphatic heterocycles. The van der Waals surface area contributed by atoms with Crippen LogP contribution in [0.1, 0.15) is 47.2 Å². The molecular weight excluding hydrogens is 378 g/mol. The maximum atomic E-state index is 12.6. The maximum absolute atomic E-state index is 12.6. The van der Waals surface area contributed by atoms with Crippen molar-refractivity contribution in [1.29, 1.82) is 0 Å². The van der Waals surface area contributed by atoms with E-state index in [9.17, 15) is 9.59 Å². The third-order valence-electron chi connectivity index (χ3n) is 5.11. The van der Waals surface area contributed by atoms with E-state index in [2.05, 4.69) is 29.0 Å². The highest BCUT2D eigenvalue weighted by Crippen LogP contribution is 2.19. The molecule has 0 spiro atoms. The molecule has 0 bridgehead atoms. The van der Waals surface area contributed by atoms with Crippen LogP contribution < -0.4 is 10.2 Å². The average molecular weight is 408 g/mol. The molecule has 3 rings (SSSR count). The largest absolute Gasteiger partial charge is 0.355 e. The summed E-state index contributed by atoms with van der Waals surface area (Å²) in [6.07, 6.45) is 3.38. The fraction of sp³-hybridized carbons (Fsp3) is 0.391. The second-order valence-corrected chi connectivity index (χ2v) is 7.73. The summed E-state index contributed by atoms with van der Waals surface area (Å²) < 4.78 is 0. The predicted molar refractivity (Wildman–Crippen MR) is 119 cm³/mol. The highest BCUT2D eigenvalue weighted by atomic mass is 16.2. The van der Waals surface area contributed by atoms with E-state index in [0.717, 1.165) is 36.0 Å². The number of hydrogen-bond acceptors (Lipinski definition) is 5. The van der Waals surface area contributed by atoms with Crippen molar-refractivity contribution in [1.82, 2.24) is 20.2 Å². The number of anilines is 1. The molecule has 7 nitrogen and oxygen atoms in total. The minimum atomic E-state index is -0.126.